The predicted octanol–water partition coefficient (Wildman–Crippen LogP) is 4.43. The molecule has 1 atom stereocenters. The Hall–Kier alpha value is -3.12. The second-order valence-corrected chi connectivity index (χ2v) is 9.46. The molecular weight excluding hydrogens is 382 g/mol. The molecule has 1 unspecified atom stereocenters. The average Bonchev–Trinajstić information content (AvgIpc) is 3.23. The van der Waals surface area contributed by atoms with Crippen molar-refractivity contribution in [2.75, 3.05) is 11.1 Å². The summed E-state index contributed by atoms with van der Waals surface area (Å²) in [5, 5.41) is 8.14. The van der Waals surface area contributed by atoms with Gasteiger partial charge in [0.05, 0.1) is 22.0 Å². The van der Waals surface area contributed by atoms with Gasteiger partial charge in [0.1, 0.15) is 5.82 Å². The van der Waals surface area contributed by atoms with Gasteiger partial charge in [0.15, 0.2) is 9.84 Å². The standard InChI is InChI=1S/C23H21N3O2S/c1-16-21-19(13-12-17-8-4-2-5-9-17)22-20(14-15-29(22,27)28)24-23(21)26(25-16)18-10-6-3-7-11-18/h2-13,19,24H,14-15H2,1H3/b13-12+. The second kappa shape index (κ2) is 6.74. The zero-order valence-corrected chi connectivity index (χ0v) is 16.9. The highest BCUT2D eigenvalue weighted by molar-refractivity contribution is 7.95. The summed E-state index contributed by atoms with van der Waals surface area (Å²) < 4.78 is 27.6. The number of hydrogen-bond acceptors (Lipinski definition) is 4. The van der Waals surface area contributed by atoms with Gasteiger partial charge in [-0.25, -0.2) is 13.1 Å². The fourth-order valence-electron chi connectivity index (χ4n) is 4.18. The van der Waals surface area contributed by atoms with Crippen LogP contribution < -0.4 is 5.32 Å². The quantitative estimate of drug-likeness (QED) is 0.703. The van der Waals surface area contributed by atoms with Crippen LogP contribution >= 0.6 is 0 Å². The van der Waals surface area contributed by atoms with E-state index in [9.17, 15) is 8.42 Å². The zero-order valence-electron chi connectivity index (χ0n) is 16.0. The van der Waals surface area contributed by atoms with Crippen LogP contribution in [0, 0.1) is 6.92 Å². The lowest BCUT2D eigenvalue weighted by atomic mass is 9.92. The molecule has 29 heavy (non-hydrogen) atoms. The molecule has 5 rings (SSSR count). The van der Waals surface area contributed by atoms with Gasteiger partial charge in [-0.2, -0.15) is 5.10 Å². The molecule has 2 aliphatic rings. The van der Waals surface area contributed by atoms with E-state index in [1.807, 2.05) is 84.4 Å². The summed E-state index contributed by atoms with van der Waals surface area (Å²) >= 11 is 0. The van der Waals surface area contributed by atoms with Crippen LogP contribution in [0.1, 0.15) is 29.2 Å². The number of benzene rings is 2. The van der Waals surface area contributed by atoms with Gasteiger partial charge in [-0.15, -0.1) is 0 Å². The number of anilines is 1. The van der Waals surface area contributed by atoms with E-state index < -0.39 is 9.84 Å². The summed E-state index contributed by atoms with van der Waals surface area (Å²) in [6.45, 7) is 1.94. The molecule has 1 aromatic heterocycles. The first-order valence-electron chi connectivity index (χ1n) is 9.65. The SMILES string of the molecule is Cc1nn(-c2ccccc2)c2c1C(/C=C/c1ccccc1)C1=C(CCS1(=O)=O)N2. The Morgan fingerprint density at radius 2 is 1.76 bits per heavy atom. The molecule has 0 amide bonds. The summed E-state index contributed by atoms with van der Waals surface area (Å²) in [4.78, 5) is 0.493. The minimum Gasteiger partial charge on any atom is -0.342 e. The molecule has 5 nitrogen and oxygen atoms in total. The third-order valence-electron chi connectivity index (χ3n) is 5.50. The number of nitrogens with zero attached hydrogens (tertiary/aromatic N) is 2. The molecule has 1 N–H and O–H groups in total. The fourth-order valence-corrected chi connectivity index (χ4v) is 5.98. The van der Waals surface area contributed by atoms with E-state index in [-0.39, 0.29) is 11.7 Å². The zero-order chi connectivity index (χ0) is 20.0. The highest BCUT2D eigenvalue weighted by atomic mass is 32.2. The van der Waals surface area contributed by atoms with Gasteiger partial charge in [-0.3, -0.25) is 0 Å². The minimum absolute atomic E-state index is 0.155. The van der Waals surface area contributed by atoms with E-state index in [1.165, 1.54) is 0 Å². The Kier molecular flexibility index (Phi) is 4.17. The number of rotatable bonds is 3. The van der Waals surface area contributed by atoms with E-state index >= 15 is 0 Å². The normalized spacial score (nSPS) is 19.8. The summed E-state index contributed by atoms with van der Waals surface area (Å²) in [6, 6.07) is 19.8. The molecule has 2 aliphatic heterocycles. The summed E-state index contributed by atoms with van der Waals surface area (Å²) in [7, 11) is -3.29. The third kappa shape index (κ3) is 3.00. The van der Waals surface area contributed by atoms with Gasteiger partial charge in [0, 0.05) is 23.6 Å². The molecular formula is C23H21N3O2S. The van der Waals surface area contributed by atoms with E-state index in [0.717, 1.165) is 34.0 Å². The molecule has 2 aromatic carbocycles. The van der Waals surface area contributed by atoms with Crippen LogP contribution in [0.3, 0.4) is 0 Å². The fraction of sp³-hybridized carbons (Fsp3) is 0.174. The maximum absolute atomic E-state index is 12.9. The Bertz CT molecular complexity index is 1240. The van der Waals surface area contributed by atoms with Crippen molar-refractivity contribution in [3.8, 4) is 5.69 Å². The average molecular weight is 404 g/mol. The van der Waals surface area contributed by atoms with Gasteiger partial charge >= 0.3 is 0 Å². The molecule has 0 saturated heterocycles. The first kappa shape index (κ1) is 17.9. The van der Waals surface area contributed by atoms with Crippen LogP contribution in [0.5, 0.6) is 0 Å². The number of allylic oxidation sites excluding steroid dienone is 3. The molecule has 6 heteroatoms. The molecule has 3 heterocycles. The van der Waals surface area contributed by atoms with Gasteiger partial charge in [-0.1, -0.05) is 60.7 Å². The lowest BCUT2D eigenvalue weighted by Gasteiger charge is -2.24. The smallest absolute Gasteiger partial charge is 0.177 e. The van der Waals surface area contributed by atoms with Crippen molar-refractivity contribution >= 4 is 21.7 Å². The second-order valence-electron chi connectivity index (χ2n) is 7.38. The van der Waals surface area contributed by atoms with Crippen molar-refractivity contribution in [1.82, 2.24) is 9.78 Å². The molecule has 0 saturated carbocycles. The van der Waals surface area contributed by atoms with Crippen molar-refractivity contribution in [2.45, 2.75) is 19.3 Å². The summed E-state index contributed by atoms with van der Waals surface area (Å²) in [6.07, 6.45) is 4.50. The van der Waals surface area contributed by atoms with Crippen molar-refractivity contribution in [1.29, 1.82) is 0 Å². The van der Waals surface area contributed by atoms with Crippen LogP contribution in [0.4, 0.5) is 5.82 Å². The van der Waals surface area contributed by atoms with Crippen molar-refractivity contribution in [3.63, 3.8) is 0 Å². The number of aromatic nitrogens is 2. The van der Waals surface area contributed by atoms with Gasteiger partial charge < -0.3 is 5.32 Å². The van der Waals surface area contributed by atoms with Crippen molar-refractivity contribution < 1.29 is 8.42 Å². The molecule has 146 valence electrons. The Balaban J connectivity index is 1.68. The van der Waals surface area contributed by atoms with E-state index in [2.05, 4.69) is 5.32 Å². The lowest BCUT2D eigenvalue weighted by Crippen LogP contribution is -2.18. The highest BCUT2D eigenvalue weighted by Gasteiger charge is 2.41. The van der Waals surface area contributed by atoms with Crippen molar-refractivity contribution in [3.05, 3.63) is 94.2 Å². The molecule has 0 fully saturated rings. The first-order valence-corrected chi connectivity index (χ1v) is 11.3. The van der Waals surface area contributed by atoms with Crippen LogP contribution in [-0.4, -0.2) is 24.0 Å². The maximum atomic E-state index is 12.9. The number of hydrogen-bond donors (Lipinski definition) is 1. The monoisotopic (exact) mass is 403 g/mol. The van der Waals surface area contributed by atoms with Crippen LogP contribution in [-0.2, 0) is 9.84 Å². The number of para-hydroxylation sites is 1. The van der Waals surface area contributed by atoms with Gasteiger partial charge in [-0.05, 0) is 24.6 Å². The topological polar surface area (TPSA) is 64.0 Å². The van der Waals surface area contributed by atoms with E-state index in [1.54, 1.807) is 0 Å². The molecule has 0 spiro atoms. The van der Waals surface area contributed by atoms with Crippen LogP contribution in [0.2, 0.25) is 0 Å². The van der Waals surface area contributed by atoms with Gasteiger partial charge in [0.25, 0.3) is 0 Å². The lowest BCUT2D eigenvalue weighted by molar-refractivity contribution is 0.602. The third-order valence-corrected chi connectivity index (χ3v) is 7.42. The first-order chi connectivity index (χ1) is 14.0. The van der Waals surface area contributed by atoms with Crippen LogP contribution in [0.25, 0.3) is 11.8 Å². The number of nitrogens with one attached hydrogen (secondary N) is 1. The Morgan fingerprint density at radius 3 is 2.48 bits per heavy atom. The summed E-state index contributed by atoms with van der Waals surface area (Å²) in [5.74, 6) is 0.668. The van der Waals surface area contributed by atoms with E-state index in [0.29, 0.717) is 11.3 Å². The van der Waals surface area contributed by atoms with Crippen LogP contribution in [0.15, 0.2) is 77.3 Å². The highest BCUT2D eigenvalue weighted by Crippen LogP contribution is 2.47. The number of sulfone groups is 1. The Labute approximate surface area is 170 Å². The maximum Gasteiger partial charge on any atom is 0.177 e. The molecule has 0 radical (unpaired) electrons. The molecule has 3 aromatic rings. The number of fused-ring (bicyclic) bond motifs is 1. The molecule has 0 aliphatic carbocycles. The summed E-state index contributed by atoms with van der Waals surface area (Å²) in [5.41, 5.74) is 4.52. The van der Waals surface area contributed by atoms with Gasteiger partial charge in [0.2, 0.25) is 0 Å². The largest absolute Gasteiger partial charge is 0.342 e. The minimum atomic E-state index is -3.29. The Morgan fingerprint density at radius 1 is 1.07 bits per heavy atom. The predicted molar refractivity (Wildman–Crippen MR) is 116 cm³/mol. The van der Waals surface area contributed by atoms with E-state index in [4.69, 9.17) is 5.10 Å². The number of aryl methyl sites for hydroxylation is 1. The molecule has 0 bridgehead atoms. The van der Waals surface area contributed by atoms with Crippen molar-refractivity contribution in [2.24, 2.45) is 0 Å².